The van der Waals surface area contributed by atoms with Crippen LogP contribution in [0.1, 0.15) is 23.2 Å². The van der Waals surface area contributed by atoms with Crippen LogP contribution >= 0.6 is 0 Å². The number of rotatable bonds is 7. The Morgan fingerprint density at radius 1 is 1.26 bits per heavy atom. The van der Waals surface area contributed by atoms with Gasteiger partial charge in [0.2, 0.25) is 0 Å². The second kappa shape index (κ2) is 7.63. The molecular weight excluding hydrogens is 244 g/mol. The minimum atomic E-state index is -0.338. The molecule has 5 nitrogen and oxygen atoms in total. The monoisotopic (exact) mass is 266 g/mol. The van der Waals surface area contributed by atoms with Crippen molar-refractivity contribution in [3.05, 3.63) is 23.8 Å². The number of nitrogen functional groups attached to an aromatic ring is 1. The molecule has 5 heteroatoms. The summed E-state index contributed by atoms with van der Waals surface area (Å²) >= 11 is 0. The van der Waals surface area contributed by atoms with E-state index in [1.54, 1.807) is 19.2 Å². The second-order valence-electron chi connectivity index (χ2n) is 4.50. The third kappa shape index (κ3) is 4.79. The van der Waals surface area contributed by atoms with Crippen LogP contribution in [0, 0.1) is 0 Å². The van der Waals surface area contributed by atoms with E-state index < -0.39 is 0 Å². The zero-order chi connectivity index (χ0) is 14.3. The Bertz CT molecular complexity index is 419. The minimum Gasteiger partial charge on any atom is -0.462 e. The zero-order valence-electron chi connectivity index (χ0n) is 11.8. The molecule has 0 radical (unpaired) electrons. The normalized spacial score (nSPS) is 10.3. The van der Waals surface area contributed by atoms with Crippen LogP contribution in [0.3, 0.4) is 0 Å². The number of hydrogen-bond donors (Lipinski definition) is 1. The highest BCUT2D eigenvalue weighted by Gasteiger charge is 2.10. The molecule has 0 heterocycles. The van der Waals surface area contributed by atoms with Crippen LogP contribution in [0.4, 0.5) is 11.4 Å². The standard InChI is InChI=1S/C14H22N2O3/c1-16(2)13-7-6-11(10-12(13)15)14(17)19-9-5-4-8-18-3/h6-7,10H,4-5,8-9,15H2,1-3H3. The molecule has 0 atom stereocenters. The van der Waals surface area contributed by atoms with E-state index in [0.29, 0.717) is 24.5 Å². The number of carbonyl (C=O) groups excluding carboxylic acids is 1. The van der Waals surface area contributed by atoms with E-state index in [4.69, 9.17) is 15.2 Å². The molecule has 0 unspecified atom stereocenters. The van der Waals surface area contributed by atoms with Crippen molar-refractivity contribution in [1.82, 2.24) is 0 Å². The Labute approximate surface area is 114 Å². The summed E-state index contributed by atoms with van der Waals surface area (Å²) in [6.45, 7) is 1.08. The number of hydrogen-bond acceptors (Lipinski definition) is 5. The van der Waals surface area contributed by atoms with Crippen LogP contribution < -0.4 is 10.6 Å². The van der Waals surface area contributed by atoms with Crippen LogP contribution in [0.2, 0.25) is 0 Å². The quantitative estimate of drug-likeness (QED) is 0.464. The van der Waals surface area contributed by atoms with Gasteiger partial charge in [-0.2, -0.15) is 0 Å². The van der Waals surface area contributed by atoms with Crippen molar-refractivity contribution in [3.63, 3.8) is 0 Å². The molecule has 0 saturated heterocycles. The summed E-state index contributed by atoms with van der Waals surface area (Å²) in [4.78, 5) is 13.7. The van der Waals surface area contributed by atoms with E-state index in [9.17, 15) is 4.79 Å². The van der Waals surface area contributed by atoms with Crippen molar-refractivity contribution in [2.24, 2.45) is 0 Å². The maximum Gasteiger partial charge on any atom is 0.338 e. The Hall–Kier alpha value is -1.75. The number of benzene rings is 1. The van der Waals surface area contributed by atoms with Gasteiger partial charge in [0.15, 0.2) is 0 Å². The molecule has 0 amide bonds. The first-order valence-corrected chi connectivity index (χ1v) is 6.29. The fraction of sp³-hybridized carbons (Fsp3) is 0.500. The average molecular weight is 266 g/mol. The molecule has 106 valence electrons. The number of nitrogens with zero attached hydrogens (tertiary/aromatic N) is 1. The van der Waals surface area contributed by atoms with Gasteiger partial charge in [-0.3, -0.25) is 0 Å². The van der Waals surface area contributed by atoms with Gasteiger partial charge in [-0.05, 0) is 31.0 Å². The molecule has 0 spiro atoms. The van der Waals surface area contributed by atoms with Gasteiger partial charge in [0, 0.05) is 27.8 Å². The Balaban J connectivity index is 2.51. The molecule has 0 saturated carbocycles. The van der Waals surface area contributed by atoms with Gasteiger partial charge in [-0.25, -0.2) is 4.79 Å². The van der Waals surface area contributed by atoms with E-state index in [1.165, 1.54) is 0 Å². The first-order valence-electron chi connectivity index (χ1n) is 6.29. The number of carbonyl (C=O) groups is 1. The largest absolute Gasteiger partial charge is 0.462 e. The van der Waals surface area contributed by atoms with E-state index in [2.05, 4.69) is 0 Å². The summed E-state index contributed by atoms with van der Waals surface area (Å²) in [6, 6.07) is 5.19. The van der Waals surface area contributed by atoms with Gasteiger partial charge >= 0.3 is 5.97 Å². The molecule has 0 bridgehead atoms. The lowest BCUT2D eigenvalue weighted by Crippen LogP contribution is -2.13. The van der Waals surface area contributed by atoms with Crippen molar-refractivity contribution in [2.75, 3.05) is 45.1 Å². The lowest BCUT2D eigenvalue weighted by atomic mass is 10.1. The predicted molar refractivity (Wildman–Crippen MR) is 76.6 cm³/mol. The van der Waals surface area contributed by atoms with Crippen LogP contribution in [-0.2, 0) is 9.47 Å². The lowest BCUT2D eigenvalue weighted by molar-refractivity contribution is 0.0489. The van der Waals surface area contributed by atoms with E-state index >= 15 is 0 Å². The topological polar surface area (TPSA) is 64.8 Å². The maximum absolute atomic E-state index is 11.8. The van der Waals surface area contributed by atoms with Gasteiger partial charge in [0.05, 0.1) is 23.5 Å². The number of esters is 1. The van der Waals surface area contributed by atoms with Gasteiger partial charge in [0.1, 0.15) is 0 Å². The highest BCUT2D eigenvalue weighted by atomic mass is 16.5. The van der Waals surface area contributed by atoms with Crippen molar-refractivity contribution in [3.8, 4) is 0 Å². The zero-order valence-corrected chi connectivity index (χ0v) is 11.8. The molecule has 0 aliphatic heterocycles. The third-order valence-electron chi connectivity index (χ3n) is 2.72. The van der Waals surface area contributed by atoms with Crippen molar-refractivity contribution in [2.45, 2.75) is 12.8 Å². The van der Waals surface area contributed by atoms with Gasteiger partial charge in [-0.1, -0.05) is 0 Å². The number of ether oxygens (including phenoxy) is 2. The van der Waals surface area contributed by atoms with Gasteiger partial charge in [0.25, 0.3) is 0 Å². The van der Waals surface area contributed by atoms with Crippen LogP contribution in [0.25, 0.3) is 0 Å². The summed E-state index contributed by atoms with van der Waals surface area (Å²) in [5.74, 6) is -0.338. The summed E-state index contributed by atoms with van der Waals surface area (Å²) in [6.07, 6.45) is 1.68. The van der Waals surface area contributed by atoms with Crippen molar-refractivity contribution < 1.29 is 14.3 Å². The van der Waals surface area contributed by atoms with E-state index in [-0.39, 0.29) is 5.97 Å². The molecule has 0 aliphatic carbocycles. The van der Waals surface area contributed by atoms with Crippen molar-refractivity contribution >= 4 is 17.3 Å². The number of unbranched alkanes of at least 4 members (excludes halogenated alkanes) is 1. The van der Waals surface area contributed by atoms with Crippen LogP contribution in [-0.4, -0.2) is 40.4 Å². The predicted octanol–water partition coefficient (Wildman–Crippen LogP) is 1.92. The van der Waals surface area contributed by atoms with E-state index in [1.807, 2.05) is 25.1 Å². The van der Waals surface area contributed by atoms with Gasteiger partial charge in [-0.15, -0.1) is 0 Å². The molecule has 1 aromatic rings. The molecule has 0 aromatic heterocycles. The number of nitrogens with two attached hydrogens (primary N) is 1. The van der Waals surface area contributed by atoms with E-state index in [0.717, 1.165) is 18.5 Å². The smallest absolute Gasteiger partial charge is 0.338 e. The Kier molecular flexibility index (Phi) is 6.15. The van der Waals surface area contributed by atoms with Crippen LogP contribution in [0.5, 0.6) is 0 Å². The maximum atomic E-state index is 11.8. The first kappa shape index (κ1) is 15.3. The molecule has 1 aromatic carbocycles. The average Bonchev–Trinajstić information content (AvgIpc) is 2.37. The van der Waals surface area contributed by atoms with Gasteiger partial charge < -0.3 is 20.1 Å². The number of anilines is 2. The molecule has 0 aliphatic rings. The molecule has 1 rings (SSSR count). The molecule has 19 heavy (non-hydrogen) atoms. The third-order valence-corrected chi connectivity index (χ3v) is 2.72. The summed E-state index contributed by atoms with van der Waals surface area (Å²) in [7, 11) is 5.46. The molecule has 0 fully saturated rings. The van der Waals surface area contributed by atoms with Crippen molar-refractivity contribution in [1.29, 1.82) is 0 Å². The number of methoxy groups -OCH3 is 1. The first-order chi connectivity index (χ1) is 9.06. The lowest BCUT2D eigenvalue weighted by Gasteiger charge is -2.15. The fourth-order valence-electron chi connectivity index (χ4n) is 1.69. The highest BCUT2D eigenvalue weighted by molar-refractivity contribution is 5.92. The Morgan fingerprint density at radius 3 is 2.53 bits per heavy atom. The summed E-state index contributed by atoms with van der Waals surface area (Å²) < 4.78 is 10.1. The summed E-state index contributed by atoms with van der Waals surface area (Å²) in [5, 5.41) is 0. The minimum absolute atomic E-state index is 0.338. The molecular formula is C14H22N2O3. The Morgan fingerprint density at radius 2 is 1.95 bits per heavy atom. The summed E-state index contributed by atoms with van der Waals surface area (Å²) in [5.41, 5.74) is 7.82. The molecule has 2 N–H and O–H groups in total. The van der Waals surface area contributed by atoms with Crippen LogP contribution in [0.15, 0.2) is 18.2 Å². The highest BCUT2D eigenvalue weighted by Crippen LogP contribution is 2.22. The fourth-order valence-corrected chi connectivity index (χ4v) is 1.69. The second-order valence-corrected chi connectivity index (χ2v) is 4.50. The SMILES string of the molecule is COCCCCOC(=O)c1ccc(N(C)C)c(N)c1.